The van der Waals surface area contributed by atoms with E-state index in [0.717, 1.165) is 0 Å². The van der Waals surface area contributed by atoms with Crippen molar-refractivity contribution < 1.29 is 4.92 Å². The van der Waals surface area contributed by atoms with E-state index in [-0.39, 0.29) is 5.95 Å². The smallest absolute Gasteiger partial charge is 0.390 e. The lowest BCUT2D eigenvalue weighted by Crippen LogP contribution is -1.96. The van der Waals surface area contributed by atoms with E-state index < -0.39 is 4.92 Å². The number of hydrogen-bond acceptors (Lipinski definition) is 4. The van der Waals surface area contributed by atoms with Crippen LogP contribution in [0.1, 0.15) is 0 Å². The van der Waals surface area contributed by atoms with Crippen LogP contribution in [0.3, 0.4) is 0 Å². The second-order valence-electron chi connectivity index (χ2n) is 1.81. The van der Waals surface area contributed by atoms with Gasteiger partial charge < -0.3 is 10.1 Å². The molecule has 0 aliphatic rings. The zero-order valence-electron chi connectivity index (χ0n) is 5.67. The molecule has 1 aromatic heterocycles. The summed E-state index contributed by atoms with van der Waals surface area (Å²) in [5, 5.41) is 13.6. The van der Waals surface area contributed by atoms with Gasteiger partial charge in [-0.15, -0.1) is 6.58 Å². The molecule has 0 saturated heterocycles. The molecule has 6 heteroatoms. The molecule has 1 heterocycles. The van der Waals surface area contributed by atoms with Crippen LogP contribution in [-0.2, 0) is 6.54 Å². The molecule has 0 aliphatic carbocycles. The Morgan fingerprint density at radius 2 is 2.64 bits per heavy atom. The van der Waals surface area contributed by atoms with Crippen molar-refractivity contribution in [2.75, 3.05) is 0 Å². The van der Waals surface area contributed by atoms with Gasteiger partial charge in [-0.1, -0.05) is 11.1 Å². The minimum Gasteiger partial charge on any atom is -0.390 e. The third-order valence-electron chi connectivity index (χ3n) is 1.00. The summed E-state index contributed by atoms with van der Waals surface area (Å²) in [6, 6.07) is 0. The molecule has 0 bridgehead atoms. The van der Waals surface area contributed by atoms with E-state index in [9.17, 15) is 10.1 Å². The molecule has 1 aromatic rings. The highest BCUT2D eigenvalue weighted by molar-refractivity contribution is 4.97. The number of nitro groups is 1. The molecule has 0 unspecified atom stereocenters. The Labute approximate surface area is 62.3 Å². The number of aromatic nitrogens is 3. The summed E-state index contributed by atoms with van der Waals surface area (Å²) in [6.07, 6.45) is 2.87. The largest absolute Gasteiger partial charge is 0.490 e. The molecule has 0 aromatic carbocycles. The fourth-order valence-corrected chi connectivity index (χ4v) is 0.589. The molecule has 0 aliphatic heterocycles. The Hall–Kier alpha value is -1.72. The van der Waals surface area contributed by atoms with Crippen molar-refractivity contribution in [1.82, 2.24) is 14.8 Å². The number of nitrogens with zero attached hydrogens (tertiary/aromatic N) is 4. The number of hydrogen-bond donors (Lipinski definition) is 0. The van der Waals surface area contributed by atoms with Crippen molar-refractivity contribution in [3.05, 3.63) is 29.1 Å². The summed E-state index contributed by atoms with van der Waals surface area (Å²) in [7, 11) is 0. The first-order valence-electron chi connectivity index (χ1n) is 2.89. The van der Waals surface area contributed by atoms with E-state index in [2.05, 4.69) is 16.7 Å². The van der Waals surface area contributed by atoms with Crippen LogP contribution in [0.5, 0.6) is 0 Å². The summed E-state index contributed by atoms with van der Waals surface area (Å²) in [6.45, 7) is 3.88. The molecular weight excluding hydrogens is 148 g/mol. The molecule has 0 N–H and O–H groups in total. The highest BCUT2D eigenvalue weighted by atomic mass is 16.6. The summed E-state index contributed by atoms with van der Waals surface area (Å²) < 4.78 is 1.34. The molecule has 0 fully saturated rings. The van der Waals surface area contributed by atoms with E-state index in [0.29, 0.717) is 6.54 Å². The number of allylic oxidation sites excluding steroid dienone is 1. The predicted molar refractivity (Wildman–Crippen MR) is 36.9 cm³/mol. The first-order chi connectivity index (χ1) is 5.24. The Morgan fingerprint density at radius 1 is 1.91 bits per heavy atom. The van der Waals surface area contributed by atoms with Gasteiger partial charge in [0.15, 0.2) is 0 Å². The van der Waals surface area contributed by atoms with Crippen molar-refractivity contribution in [3.8, 4) is 0 Å². The van der Waals surface area contributed by atoms with E-state index in [4.69, 9.17) is 0 Å². The molecule has 0 saturated carbocycles. The van der Waals surface area contributed by atoms with Gasteiger partial charge in [-0.3, -0.25) is 0 Å². The van der Waals surface area contributed by atoms with E-state index in [1.54, 1.807) is 6.08 Å². The molecule has 11 heavy (non-hydrogen) atoms. The zero-order valence-corrected chi connectivity index (χ0v) is 5.67. The van der Waals surface area contributed by atoms with Crippen LogP contribution < -0.4 is 0 Å². The van der Waals surface area contributed by atoms with Crippen LogP contribution in [-0.4, -0.2) is 19.7 Å². The van der Waals surface area contributed by atoms with Crippen molar-refractivity contribution in [2.45, 2.75) is 6.54 Å². The summed E-state index contributed by atoms with van der Waals surface area (Å²) in [5.41, 5.74) is 0. The maximum absolute atomic E-state index is 10.1. The topological polar surface area (TPSA) is 73.8 Å². The fourth-order valence-electron chi connectivity index (χ4n) is 0.589. The molecule has 1 rings (SSSR count). The summed E-state index contributed by atoms with van der Waals surface area (Å²) in [4.78, 5) is 12.9. The summed E-state index contributed by atoms with van der Waals surface area (Å²) >= 11 is 0. The molecule has 0 radical (unpaired) electrons. The van der Waals surface area contributed by atoms with Gasteiger partial charge in [-0.2, -0.15) is 4.68 Å². The molecule has 6 nitrogen and oxygen atoms in total. The Bertz CT molecular complexity index is 280. The summed E-state index contributed by atoms with van der Waals surface area (Å²) in [5.74, 6) is -0.383. The maximum Gasteiger partial charge on any atom is 0.490 e. The standard InChI is InChI=1S/C5H6N4O2/c1-2-3-8-4-6-5(7-8)9(10)11/h2,4H,1,3H2. The molecule has 0 atom stereocenters. The van der Waals surface area contributed by atoms with Gasteiger partial charge in [0.25, 0.3) is 0 Å². The molecule has 58 valence electrons. The lowest BCUT2D eigenvalue weighted by Gasteiger charge is -1.85. The minimum atomic E-state index is -0.639. The maximum atomic E-state index is 10.1. The van der Waals surface area contributed by atoms with E-state index in [1.165, 1.54) is 11.0 Å². The number of rotatable bonds is 3. The molecular formula is C5H6N4O2. The fraction of sp³-hybridized carbons (Fsp3) is 0.200. The predicted octanol–water partition coefficient (Wildman–Crippen LogP) is 0.372. The van der Waals surface area contributed by atoms with Gasteiger partial charge in [0, 0.05) is 5.10 Å². The normalized spacial score (nSPS) is 9.45. The van der Waals surface area contributed by atoms with Crippen LogP contribution in [0, 0.1) is 10.1 Å². The Balaban J connectivity index is 2.81. The monoisotopic (exact) mass is 154 g/mol. The van der Waals surface area contributed by atoms with Crippen molar-refractivity contribution in [3.63, 3.8) is 0 Å². The van der Waals surface area contributed by atoms with Crippen molar-refractivity contribution >= 4 is 5.95 Å². The van der Waals surface area contributed by atoms with E-state index in [1.807, 2.05) is 0 Å². The third kappa shape index (κ3) is 1.60. The Kier molecular flexibility index (Phi) is 1.95. The average Bonchev–Trinajstić information content (AvgIpc) is 2.37. The van der Waals surface area contributed by atoms with Crippen LogP contribution in [0.2, 0.25) is 0 Å². The first-order valence-corrected chi connectivity index (χ1v) is 2.89. The molecule has 0 amide bonds. The van der Waals surface area contributed by atoms with Crippen molar-refractivity contribution in [1.29, 1.82) is 0 Å². The van der Waals surface area contributed by atoms with Gasteiger partial charge in [0.2, 0.25) is 6.33 Å². The highest BCUT2D eigenvalue weighted by Gasteiger charge is 2.11. The lowest BCUT2D eigenvalue weighted by molar-refractivity contribution is -0.394. The van der Waals surface area contributed by atoms with Crippen LogP contribution >= 0.6 is 0 Å². The Morgan fingerprint density at radius 3 is 3.09 bits per heavy atom. The second-order valence-corrected chi connectivity index (χ2v) is 1.81. The quantitative estimate of drug-likeness (QED) is 0.358. The van der Waals surface area contributed by atoms with Gasteiger partial charge in [-0.05, 0) is 4.92 Å². The van der Waals surface area contributed by atoms with Gasteiger partial charge in [0.05, 0.1) is 6.54 Å². The lowest BCUT2D eigenvalue weighted by atomic mass is 10.6. The third-order valence-corrected chi connectivity index (χ3v) is 1.00. The second kappa shape index (κ2) is 2.91. The average molecular weight is 154 g/mol. The van der Waals surface area contributed by atoms with Gasteiger partial charge >= 0.3 is 5.95 Å². The van der Waals surface area contributed by atoms with Gasteiger partial charge in [-0.25, -0.2) is 0 Å². The molecule has 0 spiro atoms. The first kappa shape index (κ1) is 7.39. The van der Waals surface area contributed by atoms with Crippen LogP contribution in [0.15, 0.2) is 19.0 Å². The highest BCUT2D eigenvalue weighted by Crippen LogP contribution is 1.98. The van der Waals surface area contributed by atoms with Crippen molar-refractivity contribution in [2.24, 2.45) is 0 Å². The van der Waals surface area contributed by atoms with Crippen LogP contribution in [0.25, 0.3) is 0 Å². The SMILES string of the molecule is C=CCn1cnc([N+](=O)[O-])n1. The van der Waals surface area contributed by atoms with Crippen LogP contribution in [0.4, 0.5) is 5.95 Å². The minimum absolute atomic E-state index is 0.383. The zero-order chi connectivity index (χ0) is 8.27. The van der Waals surface area contributed by atoms with Gasteiger partial charge in [0.1, 0.15) is 0 Å². The van der Waals surface area contributed by atoms with E-state index >= 15 is 0 Å².